The smallest absolute Gasteiger partial charge is 0.268 e. The van der Waals surface area contributed by atoms with Crippen molar-refractivity contribution in [3.63, 3.8) is 0 Å². The van der Waals surface area contributed by atoms with Crippen LogP contribution < -0.4 is 9.64 Å². The molecule has 0 aliphatic heterocycles. The number of benzene rings is 2. The fourth-order valence-corrected chi connectivity index (χ4v) is 4.22. The monoisotopic (exact) mass is 418 g/mol. The number of halogens is 1. The fourth-order valence-electron chi connectivity index (χ4n) is 2.82. The van der Waals surface area contributed by atoms with Gasteiger partial charge in [-0.15, -0.1) is 0 Å². The molecule has 0 N–H and O–H groups in total. The summed E-state index contributed by atoms with van der Waals surface area (Å²) in [5, 5.41) is 0. The van der Waals surface area contributed by atoms with Crippen LogP contribution in [0.3, 0.4) is 0 Å². The van der Waals surface area contributed by atoms with Crippen LogP contribution in [-0.2, 0) is 14.8 Å². The molecular weight excluding hydrogens is 395 g/mol. The second kappa shape index (κ2) is 8.67. The first-order valence-electron chi connectivity index (χ1n) is 8.96. The number of rotatable bonds is 8. The standard InChI is InChI=1S/C21H23FN2O4S/c1-23(2)16-13-21(19-9-4-5-10-20(19)22)24(15-16)29(25,26)18-8-6-7-17(14-18)28-12-11-27-3/h4-10,13-15H,11-12H2,1-3H3. The van der Waals surface area contributed by atoms with Gasteiger partial charge in [0.15, 0.2) is 0 Å². The Morgan fingerprint density at radius 3 is 2.48 bits per heavy atom. The van der Waals surface area contributed by atoms with Gasteiger partial charge in [0.25, 0.3) is 10.0 Å². The molecule has 0 amide bonds. The molecule has 0 saturated carbocycles. The van der Waals surface area contributed by atoms with E-state index < -0.39 is 15.8 Å². The molecule has 0 fully saturated rings. The third-order valence-electron chi connectivity index (χ3n) is 4.36. The van der Waals surface area contributed by atoms with Crippen LogP contribution in [-0.4, -0.2) is 46.8 Å². The van der Waals surface area contributed by atoms with E-state index in [9.17, 15) is 12.8 Å². The molecule has 0 aliphatic carbocycles. The molecule has 6 nitrogen and oxygen atoms in total. The van der Waals surface area contributed by atoms with E-state index in [0.29, 0.717) is 24.7 Å². The van der Waals surface area contributed by atoms with Gasteiger partial charge in [-0.2, -0.15) is 0 Å². The van der Waals surface area contributed by atoms with Crippen molar-refractivity contribution in [3.8, 4) is 17.0 Å². The number of nitrogens with zero attached hydrogens (tertiary/aromatic N) is 2. The molecule has 0 saturated heterocycles. The first-order chi connectivity index (χ1) is 13.8. The van der Waals surface area contributed by atoms with Crippen LogP contribution in [0.2, 0.25) is 0 Å². The molecule has 1 heterocycles. The van der Waals surface area contributed by atoms with Crippen LogP contribution in [0.25, 0.3) is 11.3 Å². The number of hydrogen-bond acceptors (Lipinski definition) is 5. The molecule has 29 heavy (non-hydrogen) atoms. The summed E-state index contributed by atoms with van der Waals surface area (Å²) in [6, 6.07) is 14.0. The molecule has 0 atom stereocenters. The zero-order valence-electron chi connectivity index (χ0n) is 16.5. The van der Waals surface area contributed by atoms with Gasteiger partial charge in [-0.1, -0.05) is 18.2 Å². The maximum atomic E-state index is 14.4. The minimum absolute atomic E-state index is 0.0471. The Morgan fingerprint density at radius 1 is 1.03 bits per heavy atom. The van der Waals surface area contributed by atoms with Gasteiger partial charge >= 0.3 is 0 Å². The summed E-state index contributed by atoms with van der Waals surface area (Å²) in [5.41, 5.74) is 1.09. The highest BCUT2D eigenvalue weighted by Gasteiger charge is 2.24. The Morgan fingerprint density at radius 2 is 1.79 bits per heavy atom. The first-order valence-corrected chi connectivity index (χ1v) is 10.4. The maximum absolute atomic E-state index is 14.4. The van der Waals surface area contributed by atoms with E-state index in [1.54, 1.807) is 62.5 Å². The molecular formula is C21H23FN2O4S. The number of anilines is 1. The van der Waals surface area contributed by atoms with Crippen molar-refractivity contribution in [2.75, 3.05) is 39.3 Å². The van der Waals surface area contributed by atoms with Gasteiger partial charge < -0.3 is 14.4 Å². The Kier molecular flexibility index (Phi) is 6.24. The van der Waals surface area contributed by atoms with Gasteiger partial charge in [0.1, 0.15) is 18.2 Å². The molecule has 0 spiro atoms. The highest BCUT2D eigenvalue weighted by molar-refractivity contribution is 7.90. The van der Waals surface area contributed by atoms with Crippen LogP contribution in [0.1, 0.15) is 0 Å². The number of methoxy groups -OCH3 is 1. The van der Waals surface area contributed by atoms with Gasteiger partial charge in [-0.25, -0.2) is 16.8 Å². The Balaban J connectivity index is 2.10. The largest absolute Gasteiger partial charge is 0.491 e. The van der Waals surface area contributed by atoms with E-state index in [4.69, 9.17) is 9.47 Å². The van der Waals surface area contributed by atoms with E-state index in [1.165, 1.54) is 24.4 Å². The Labute approximate surface area is 170 Å². The van der Waals surface area contributed by atoms with Crippen molar-refractivity contribution >= 4 is 15.7 Å². The lowest BCUT2D eigenvalue weighted by atomic mass is 10.1. The van der Waals surface area contributed by atoms with Crippen molar-refractivity contribution in [2.45, 2.75) is 4.90 Å². The minimum Gasteiger partial charge on any atom is -0.491 e. The van der Waals surface area contributed by atoms with E-state index in [0.717, 1.165) is 3.97 Å². The minimum atomic E-state index is -3.99. The van der Waals surface area contributed by atoms with Crippen LogP contribution in [0.5, 0.6) is 5.75 Å². The van der Waals surface area contributed by atoms with E-state index in [-0.39, 0.29) is 16.2 Å². The van der Waals surface area contributed by atoms with Crippen LogP contribution in [0.15, 0.2) is 65.7 Å². The summed E-state index contributed by atoms with van der Waals surface area (Å²) in [5.74, 6) is -0.0837. The summed E-state index contributed by atoms with van der Waals surface area (Å²) in [4.78, 5) is 1.81. The predicted octanol–water partition coefficient (Wildman–Crippen LogP) is 3.62. The van der Waals surface area contributed by atoms with E-state index in [1.807, 2.05) is 0 Å². The lowest BCUT2D eigenvalue weighted by Gasteiger charge is -2.13. The number of hydrogen-bond donors (Lipinski definition) is 0. The third-order valence-corrected chi connectivity index (χ3v) is 6.03. The second-order valence-electron chi connectivity index (χ2n) is 6.57. The molecule has 0 radical (unpaired) electrons. The molecule has 154 valence electrons. The van der Waals surface area contributed by atoms with E-state index in [2.05, 4.69) is 0 Å². The fraction of sp³-hybridized carbons (Fsp3) is 0.238. The Hall–Kier alpha value is -2.84. The van der Waals surface area contributed by atoms with Gasteiger partial charge in [0.2, 0.25) is 0 Å². The summed E-state index contributed by atoms with van der Waals surface area (Å²) in [6.07, 6.45) is 1.48. The maximum Gasteiger partial charge on any atom is 0.268 e. The van der Waals surface area contributed by atoms with Gasteiger partial charge in [0, 0.05) is 39.0 Å². The molecule has 3 rings (SSSR count). The van der Waals surface area contributed by atoms with Gasteiger partial charge in [-0.05, 0) is 30.3 Å². The summed E-state index contributed by atoms with van der Waals surface area (Å²) >= 11 is 0. The van der Waals surface area contributed by atoms with Gasteiger partial charge in [-0.3, -0.25) is 0 Å². The molecule has 0 bridgehead atoms. The second-order valence-corrected chi connectivity index (χ2v) is 8.39. The van der Waals surface area contributed by atoms with Crippen LogP contribution >= 0.6 is 0 Å². The first kappa shape index (κ1) is 20.9. The number of ether oxygens (including phenoxy) is 2. The van der Waals surface area contributed by atoms with Crippen molar-refractivity contribution < 1.29 is 22.3 Å². The molecule has 2 aromatic carbocycles. The third kappa shape index (κ3) is 4.44. The molecule has 0 aliphatic rings. The zero-order valence-corrected chi connectivity index (χ0v) is 17.3. The summed E-state index contributed by atoms with van der Waals surface area (Å²) in [6.45, 7) is 0.687. The quantitative estimate of drug-likeness (QED) is 0.523. The van der Waals surface area contributed by atoms with Crippen molar-refractivity contribution in [2.24, 2.45) is 0 Å². The predicted molar refractivity (Wildman–Crippen MR) is 111 cm³/mol. The SMILES string of the molecule is COCCOc1cccc(S(=O)(=O)n2cc(N(C)C)cc2-c2ccccc2F)c1. The van der Waals surface area contributed by atoms with Gasteiger partial charge in [0.05, 0.1) is 22.9 Å². The highest BCUT2D eigenvalue weighted by Crippen LogP contribution is 2.32. The molecule has 8 heteroatoms. The average molecular weight is 418 g/mol. The van der Waals surface area contributed by atoms with Crippen molar-refractivity contribution in [1.29, 1.82) is 0 Å². The van der Waals surface area contributed by atoms with Crippen LogP contribution in [0, 0.1) is 5.82 Å². The van der Waals surface area contributed by atoms with Crippen molar-refractivity contribution in [3.05, 3.63) is 66.6 Å². The molecule has 0 unspecified atom stereocenters. The normalized spacial score (nSPS) is 11.4. The highest BCUT2D eigenvalue weighted by atomic mass is 32.2. The number of aromatic nitrogens is 1. The Bertz CT molecular complexity index is 1090. The lowest BCUT2D eigenvalue weighted by Crippen LogP contribution is -2.14. The summed E-state index contributed by atoms with van der Waals surface area (Å²) in [7, 11) is 1.16. The van der Waals surface area contributed by atoms with Crippen molar-refractivity contribution in [1.82, 2.24) is 3.97 Å². The molecule has 3 aromatic rings. The molecule has 1 aromatic heterocycles. The van der Waals surface area contributed by atoms with Crippen LogP contribution in [0.4, 0.5) is 10.1 Å². The zero-order chi connectivity index (χ0) is 21.0. The lowest BCUT2D eigenvalue weighted by molar-refractivity contribution is 0.146. The topological polar surface area (TPSA) is 60.8 Å². The van der Waals surface area contributed by atoms with E-state index >= 15 is 0 Å². The summed E-state index contributed by atoms with van der Waals surface area (Å²) < 4.78 is 52.8. The average Bonchev–Trinajstić information content (AvgIpc) is 3.15.